The van der Waals surface area contributed by atoms with Gasteiger partial charge in [-0.1, -0.05) is 12.1 Å². The van der Waals surface area contributed by atoms with Crippen LogP contribution in [0.5, 0.6) is 0 Å². The van der Waals surface area contributed by atoms with Crippen molar-refractivity contribution in [3.05, 3.63) is 57.8 Å². The molecule has 2 heterocycles. The highest BCUT2D eigenvalue weighted by atomic mass is 19.1. The Bertz CT molecular complexity index is 843. The van der Waals surface area contributed by atoms with E-state index in [4.69, 9.17) is 0 Å². The molecular formula is C18H21FN4O2. The number of para-hydroxylation sites is 1. The van der Waals surface area contributed by atoms with Gasteiger partial charge >= 0.3 is 0 Å². The van der Waals surface area contributed by atoms with E-state index in [1.807, 2.05) is 0 Å². The topological polar surface area (TPSA) is 67.2 Å². The summed E-state index contributed by atoms with van der Waals surface area (Å²) in [6.45, 7) is 3.33. The molecule has 1 aliphatic heterocycles. The number of carbonyl (C=O) groups is 1. The summed E-state index contributed by atoms with van der Waals surface area (Å²) < 4.78 is 15.4. The predicted molar refractivity (Wildman–Crippen MR) is 92.5 cm³/mol. The number of piperidine rings is 1. The van der Waals surface area contributed by atoms with E-state index in [2.05, 4.69) is 10.4 Å². The Kier molecular flexibility index (Phi) is 4.94. The minimum absolute atomic E-state index is 0.0677. The number of aryl methyl sites for hydroxylation is 1. The maximum atomic E-state index is 14.1. The number of halogens is 1. The van der Waals surface area contributed by atoms with Crippen LogP contribution in [0.4, 0.5) is 4.39 Å². The van der Waals surface area contributed by atoms with Gasteiger partial charge in [-0.3, -0.25) is 9.59 Å². The van der Waals surface area contributed by atoms with Crippen LogP contribution in [0.2, 0.25) is 0 Å². The Morgan fingerprint density at radius 3 is 2.68 bits per heavy atom. The molecule has 1 saturated heterocycles. The lowest BCUT2D eigenvalue weighted by Gasteiger charge is -2.31. The van der Waals surface area contributed by atoms with Gasteiger partial charge < -0.3 is 10.2 Å². The first-order chi connectivity index (χ1) is 12.0. The maximum Gasteiger partial charge on any atom is 0.278 e. The molecule has 6 nitrogen and oxygen atoms in total. The van der Waals surface area contributed by atoms with Crippen LogP contribution in [0.15, 0.2) is 35.1 Å². The number of hydrogen-bond donors (Lipinski definition) is 1. The minimum Gasteiger partial charge on any atom is -0.337 e. The lowest BCUT2D eigenvalue weighted by molar-refractivity contribution is 0.0693. The molecule has 7 heteroatoms. The minimum atomic E-state index is -0.466. The van der Waals surface area contributed by atoms with Crippen molar-refractivity contribution in [2.75, 3.05) is 20.1 Å². The molecule has 1 N–H and O–H groups in total. The van der Waals surface area contributed by atoms with Crippen molar-refractivity contribution in [3.63, 3.8) is 0 Å². The fraction of sp³-hybridized carbons (Fsp3) is 0.389. The van der Waals surface area contributed by atoms with Crippen LogP contribution in [0.3, 0.4) is 0 Å². The molecule has 1 aromatic carbocycles. The molecule has 0 unspecified atom stereocenters. The van der Waals surface area contributed by atoms with E-state index in [-0.39, 0.29) is 17.4 Å². The Hall–Kier alpha value is -2.54. The van der Waals surface area contributed by atoms with E-state index in [1.165, 1.54) is 16.8 Å². The highest BCUT2D eigenvalue weighted by Gasteiger charge is 2.26. The smallest absolute Gasteiger partial charge is 0.278 e. The van der Waals surface area contributed by atoms with Gasteiger partial charge in [-0.2, -0.15) is 5.10 Å². The largest absolute Gasteiger partial charge is 0.337 e. The zero-order chi connectivity index (χ0) is 18.0. The Morgan fingerprint density at radius 1 is 1.32 bits per heavy atom. The summed E-state index contributed by atoms with van der Waals surface area (Å²) in [6, 6.07) is 7.52. The van der Waals surface area contributed by atoms with Crippen molar-refractivity contribution in [2.24, 2.45) is 0 Å². The summed E-state index contributed by atoms with van der Waals surface area (Å²) in [5.74, 6) is -0.895. The van der Waals surface area contributed by atoms with Crippen LogP contribution < -0.4 is 10.7 Å². The van der Waals surface area contributed by atoms with Gasteiger partial charge in [-0.15, -0.1) is 0 Å². The molecule has 0 aliphatic carbocycles. The summed E-state index contributed by atoms with van der Waals surface area (Å²) in [4.78, 5) is 26.7. The molecule has 1 aliphatic rings. The SMILES string of the molecule is Cc1cc(=O)c(C(=O)N(C)C2CCNCC2)nn1-c1ccccc1F. The zero-order valence-corrected chi connectivity index (χ0v) is 14.3. The van der Waals surface area contributed by atoms with Crippen molar-refractivity contribution in [1.29, 1.82) is 0 Å². The van der Waals surface area contributed by atoms with Gasteiger partial charge in [0.15, 0.2) is 5.69 Å². The predicted octanol–water partition coefficient (Wildman–Crippen LogP) is 1.50. The molecule has 1 amide bonds. The number of carbonyl (C=O) groups excluding carboxylic acids is 1. The first-order valence-corrected chi connectivity index (χ1v) is 8.33. The first kappa shape index (κ1) is 17.3. The zero-order valence-electron chi connectivity index (χ0n) is 14.3. The average molecular weight is 344 g/mol. The van der Waals surface area contributed by atoms with Gasteiger partial charge in [0, 0.05) is 24.8 Å². The number of hydrogen-bond acceptors (Lipinski definition) is 4. The summed E-state index contributed by atoms with van der Waals surface area (Å²) in [7, 11) is 1.69. The van der Waals surface area contributed by atoms with Gasteiger partial charge in [0.05, 0.1) is 0 Å². The third-order valence-corrected chi connectivity index (χ3v) is 4.57. The number of nitrogens with one attached hydrogen (secondary N) is 1. The van der Waals surface area contributed by atoms with Crippen LogP contribution in [-0.2, 0) is 0 Å². The summed E-state index contributed by atoms with van der Waals surface area (Å²) in [5, 5.41) is 7.42. The van der Waals surface area contributed by atoms with Gasteiger partial charge in [-0.25, -0.2) is 9.07 Å². The van der Waals surface area contributed by atoms with E-state index in [1.54, 1.807) is 37.1 Å². The molecule has 0 saturated carbocycles. The molecule has 1 fully saturated rings. The van der Waals surface area contributed by atoms with Crippen molar-refractivity contribution >= 4 is 5.91 Å². The lowest BCUT2D eigenvalue weighted by atomic mass is 10.1. The second-order valence-corrected chi connectivity index (χ2v) is 6.26. The normalized spacial score (nSPS) is 15.2. The second kappa shape index (κ2) is 7.14. The highest BCUT2D eigenvalue weighted by molar-refractivity contribution is 5.92. The van der Waals surface area contributed by atoms with Gasteiger partial charge in [-0.05, 0) is 45.0 Å². The highest BCUT2D eigenvalue weighted by Crippen LogP contribution is 2.15. The number of rotatable bonds is 3. The van der Waals surface area contributed by atoms with Crippen LogP contribution in [-0.4, -0.2) is 46.8 Å². The fourth-order valence-corrected chi connectivity index (χ4v) is 3.09. The lowest BCUT2D eigenvalue weighted by Crippen LogP contribution is -2.45. The number of amides is 1. The second-order valence-electron chi connectivity index (χ2n) is 6.26. The third kappa shape index (κ3) is 3.46. The fourth-order valence-electron chi connectivity index (χ4n) is 3.09. The molecule has 132 valence electrons. The van der Waals surface area contributed by atoms with E-state index in [0.717, 1.165) is 25.9 Å². The quantitative estimate of drug-likeness (QED) is 0.916. The van der Waals surface area contributed by atoms with Crippen LogP contribution in [0.25, 0.3) is 5.69 Å². The van der Waals surface area contributed by atoms with Crippen molar-refractivity contribution in [1.82, 2.24) is 20.0 Å². The maximum absolute atomic E-state index is 14.1. The molecule has 3 rings (SSSR count). The number of nitrogens with zero attached hydrogens (tertiary/aromatic N) is 3. The molecule has 0 radical (unpaired) electrons. The molecule has 0 bridgehead atoms. The van der Waals surface area contributed by atoms with Gasteiger partial charge in [0.25, 0.3) is 5.91 Å². The monoisotopic (exact) mass is 344 g/mol. The van der Waals surface area contributed by atoms with E-state index in [0.29, 0.717) is 5.69 Å². The summed E-state index contributed by atoms with van der Waals surface area (Å²) in [6.07, 6.45) is 1.66. The van der Waals surface area contributed by atoms with Gasteiger partial charge in [0.2, 0.25) is 5.43 Å². The Labute approximate surface area is 145 Å². The average Bonchev–Trinajstić information content (AvgIpc) is 2.62. The Balaban J connectivity index is 1.99. The summed E-state index contributed by atoms with van der Waals surface area (Å²) >= 11 is 0. The molecule has 2 aromatic rings. The van der Waals surface area contributed by atoms with Gasteiger partial charge in [0.1, 0.15) is 11.5 Å². The van der Waals surface area contributed by atoms with E-state index in [9.17, 15) is 14.0 Å². The Morgan fingerprint density at radius 2 is 2.00 bits per heavy atom. The number of aromatic nitrogens is 2. The molecule has 0 spiro atoms. The molecule has 0 atom stereocenters. The van der Waals surface area contributed by atoms with Crippen LogP contribution >= 0.6 is 0 Å². The molecule has 25 heavy (non-hydrogen) atoms. The van der Waals surface area contributed by atoms with Crippen molar-refractivity contribution in [2.45, 2.75) is 25.8 Å². The third-order valence-electron chi connectivity index (χ3n) is 4.57. The van der Waals surface area contributed by atoms with E-state index < -0.39 is 17.2 Å². The van der Waals surface area contributed by atoms with E-state index >= 15 is 0 Å². The van der Waals surface area contributed by atoms with Crippen LogP contribution in [0, 0.1) is 12.7 Å². The van der Waals surface area contributed by atoms with Crippen molar-refractivity contribution < 1.29 is 9.18 Å². The summed E-state index contributed by atoms with van der Waals surface area (Å²) in [5.41, 5.74) is 0.0421. The standard InChI is InChI=1S/C18H21FN4O2/c1-12-11-16(24)17(18(25)22(2)13-7-9-20-10-8-13)21-23(12)15-6-4-3-5-14(15)19/h3-6,11,13,20H,7-10H2,1-2H3. The van der Waals surface area contributed by atoms with Crippen LogP contribution in [0.1, 0.15) is 29.0 Å². The molecule has 1 aromatic heterocycles. The number of benzene rings is 1. The molecular weight excluding hydrogens is 323 g/mol. The van der Waals surface area contributed by atoms with Crippen molar-refractivity contribution in [3.8, 4) is 5.69 Å². The first-order valence-electron chi connectivity index (χ1n) is 8.33.